The van der Waals surface area contributed by atoms with Crippen molar-refractivity contribution in [2.24, 2.45) is 0 Å². The first-order valence-electron chi connectivity index (χ1n) is 8.16. The van der Waals surface area contributed by atoms with Crippen LogP contribution < -0.4 is 10.6 Å². The van der Waals surface area contributed by atoms with Gasteiger partial charge in [0.05, 0.1) is 17.1 Å². The fraction of sp³-hybridized carbons (Fsp3) is 0.588. The van der Waals surface area contributed by atoms with Crippen molar-refractivity contribution in [3.63, 3.8) is 0 Å². The van der Waals surface area contributed by atoms with Gasteiger partial charge in [-0.3, -0.25) is 0 Å². The molecule has 0 amide bonds. The molecule has 0 bridgehead atoms. The quantitative estimate of drug-likeness (QED) is 0.791. The van der Waals surface area contributed by atoms with Gasteiger partial charge in [0.15, 0.2) is 0 Å². The van der Waals surface area contributed by atoms with Crippen molar-refractivity contribution < 1.29 is 0 Å². The maximum absolute atomic E-state index is 4.68. The van der Waals surface area contributed by atoms with Crippen molar-refractivity contribution in [1.29, 1.82) is 0 Å². The average molecular weight is 286 g/mol. The van der Waals surface area contributed by atoms with Crippen molar-refractivity contribution in [3.05, 3.63) is 30.1 Å². The molecule has 0 radical (unpaired) electrons. The van der Waals surface area contributed by atoms with Crippen LogP contribution >= 0.6 is 0 Å². The zero-order valence-corrected chi connectivity index (χ0v) is 13.0. The van der Waals surface area contributed by atoms with Gasteiger partial charge in [-0.1, -0.05) is 18.6 Å². The molecule has 1 aromatic heterocycles. The van der Waals surface area contributed by atoms with Crippen LogP contribution in [0.4, 0.5) is 0 Å². The van der Waals surface area contributed by atoms with Crippen LogP contribution in [0, 0.1) is 0 Å². The molecule has 1 saturated heterocycles. The van der Waals surface area contributed by atoms with E-state index in [1.807, 2.05) is 12.1 Å². The number of piperidine rings is 1. The van der Waals surface area contributed by atoms with Crippen LogP contribution in [-0.2, 0) is 0 Å². The van der Waals surface area contributed by atoms with Crippen molar-refractivity contribution >= 4 is 11.0 Å². The Kier molecular flexibility index (Phi) is 4.56. The number of para-hydroxylation sites is 2. The van der Waals surface area contributed by atoms with Crippen molar-refractivity contribution in [3.8, 4) is 0 Å². The number of benzene rings is 1. The van der Waals surface area contributed by atoms with E-state index < -0.39 is 0 Å². The van der Waals surface area contributed by atoms with E-state index in [1.165, 1.54) is 32.2 Å². The summed E-state index contributed by atoms with van der Waals surface area (Å²) in [5.41, 5.74) is 2.16. The number of fused-ring (bicyclic) bond motifs is 1. The number of aromatic amines is 1. The molecule has 1 fully saturated rings. The standard InChI is InChI=1S/C17H26N4/c1-12(11-14-7-5-6-10-18-14)19-13(2)17-20-15-8-3-4-9-16(15)21-17/h3-4,8-9,12-14,18-19H,5-7,10-11H2,1-2H3,(H,20,21). The first kappa shape index (κ1) is 14.5. The largest absolute Gasteiger partial charge is 0.341 e. The van der Waals surface area contributed by atoms with E-state index in [2.05, 4.69) is 46.6 Å². The predicted octanol–water partition coefficient (Wildman–Crippen LogP) is 3.13. The summed E-state index contributed by atoms with van der Waals surface area (Å²) in [5.74, 6) is 1.03. The minimum Gasteiger partial charge on any atom is -0.341 e. The number of hydrogen-bond donors (Lipinski definition) is 3. The predicted molar refractivity (Wildman–Crippen MR) is 87.4 cm³/mol. The summed E-state index contributed by atoms with van der Waals surface area (Å²) >= 11 is 0. The molecule has 3 N–H and O–H groups in total. The molecule has 4 heteroatoms. The highest BCUT2D eigenvalue weighted by Gasteiger charge is 2.18. The molecule has 2 aromatic rings. The summed E-state index contributed by atoms with van der Waals surface area (Å²) in [5, 5.41) is 7.29. The van der Waals surface area contributed by atoms with Crippen LogP contribution in [0.25, 0.3) is 11.0 Å². The van der Waals surface area contributed by atoms with Crippen LogP contribution in [0.2, 0.25) is 0 Å². The van der Waals surface area contributed by atoms with Crippen LogP contribution in [-0.4, -0.2) is 28.6 Å². The summed E-state index contributed by atoms with van der Waals surface area (Å²) in [6.45, 7) is 5.63. The van der Waals surface area contributed by atoms with Gasteiger partial charge < -0.3 is 15.6 Å². The van der Waals surface area contributed by atoms with E-state index in [0.29, 0.717) is 12.1 Å². The molecule has 1 aliphatic heterocycles. The summed E-state index contributed by atoms with van der Waals surface area (Å²) in [6.07, 6.45) is 5.19. The highest BCUT2D eigenvalue weighted by Crippen LogP contribution is 2.17. The van der Waals surface area contributed by atoms with Crippen LogP contribution in [0.3, 0.4) is 0 Å². The van der Waals surface area contributed by atoms with Crippen LogP contribution in [0.1, 0.15) is 51.4 Å². The Morgan fingerprint density at radius 2 is 2.14 bits per heavy atom. The minimum atomic E-state index is 0.246. The molecule has 21 heavy (non-hydrogen) atoms. The van der Waals surface area contributed by atoms with Crippen molar-refractivity contribution in [2.75, 3.05) is 6.54 Å². The maximum atomic E-state index is 4.68. The Labute approximate surface area is 126 Å². The first-order chi connectivity index (χ1) is 10.2. The van der Waals surface area contributed by atoms with Gasteiger partial charge in [-0.2, -0.15) is 0 Å². The van der Waals surface area contributed by atoms with Gasteiger partial charge >= 0.3 is 0 Å². The first-order valence-corrected chi connectivity index (χ1v) is 8.16. The maximum Gasteiger partial charge on any atom is 0.124 e. The molecule has 114 valence electrons. The fourth-order valence-electron chi connectivity index (χ4n) is 3.30. The van der Waals surface area contributed by atoms with Gasteiger partial charge in [-0.05, 0) is 51.8 Å². The van der Waals surface area contributed by atoms with Gasteiger partial charge in [0, 0.05) is 12.1 Å². The van der Waals surface area contributed by atoms with E-state index in [-0.39, 0.29) is 6.04 Å². The second-order valence-electron chi connectivity index (χ2n) is 6.31. The number of nitrogens with one attached hydrogen (secondary N) is 3. The van der Waals surface area contributed by atoms with Gasteiger partial charge in [0.25, 0.3) is 0 Å². The number of nitrogens with zero attached hydrogens (tertiary/aromatic N) is 1. The van der Waals surface area contributed by atoms with Crippen LogP contribution in [0.5, 0.6) is 0 Å². The molecular weight excluding hydrogens is 260 g/mol. The molecule has 3 rings (SSSR count). The van der Waals surface area contributed by atoms with E-state index in [9.17, 15) is 0 Å². The molecule has 0 spiro atoms. The average Bonchev–Trinajstić information content (AvgIpc) is 2.92. The van der Waals surface area contributed by atoms with Gasteiger partial charge in [0.2, 0.25) is 0 Å². The summed E-state index contributed by atoms with van der Waals surface area (Å²) < 4.78 is 0. The summed E-state index contributed by atoms with van der Waals surface area (Å²) in [4.78, 5) is 8.09. The third-order valence-electron chi connectivity index (χ3n) is 4.40. The van der Waals surface area contributed by atoms with E-state index >= 15 is 0 Å². The Bertz CT molecular complexity index is 538. The molecule has 3 atom stereocenters. The lowest BCUT2D eigenvalue weighted by atomic mass is 9.98. The summed E-state index contributed by atoms with van der Waals surface area (Å²) in [7, 11) is 0. The van der Waals surface area contributed by atoms with Gasteiger partial charge in [-0.15, -0.1) is 0 Å². The van der Waals surface area contributed by atoms with Crippen molar-refractivity contribution in [1.82, 2.24) is 20.6 Å². The van der Waals surface area contributed by atoms with Gasteiger partial charge in [0.1, 0.15) is 5.82 Å². The lowest BCUT2D eigenvalue weighted by molar-refractivity contribution is 0.332. The smallest absolute Gasteiger partial charge is 0.124 e. The number of H-pyrrole nitrogens is 1. The molecule has 1 aromatic carbocycles. The summed E-state index contributed by atoms with van der Waals surface area (Å²) in [6, 6.07) is 9.61. The Morgan fingerprint density at radius 1 is 1.29 bits per heavy atom. The lowest BCUT2D eigenvalue weighted by Gasteiger charge is -2.27. The zero-order valence-electron chi connectivity index (χ0n) is 13.0. The fourth-order valence-corrected chi connectivity index (χ4v) is 3.30. The van der Waals surface area contributed by atoms with Gasteiger partial charge in [-0.25, -0.2) is 4.98 Å². The lowest BCUT2D eigenvalue weighted by Crippen LogP contribution is -2.40. The molecule has 2 heterocycles. The number of rotatable bonds is 5. The molecular formula is C17H26N4. The Hall–Kier alpha value is -1.39. The number of aromatic nitrogens is 2. The topological polar surface area (TPSA) is 52.7 Å². The van der Waals surface area contributed by atoms with Crippen LogP contribution in [0.15, 0.2) is 24.3 Å². The van der Waals surface area contributed by atoms with E-state index in [0.717, 1.165) is 16.9 Å². The highest BCUT2D eigenvalue weighted by molar-refractivity contribution is 5.74. The molecule has 0 aliphatic carbocycles. The second-order valence-corrected chi connectivity index (χ2v) is 6.31. The normalized spacial score (nSPS) is 22.3. The SMILES string of the molecule is CC(CC1CCCCN1)NC(C)c1nc2ccccc2[nH]1. The third kappa shape index (κ3) is 3.63. The monoisotopic (exact) mass is 286 g/mol. The van der Waals surface area contributed by atoms with E-state index in [1.54, 1.807) is 0 Å². The minimum absolute atomic E-state index is 0.246. The Balaban J connectivity index is 1.58. The Morgan fingerprint density at radius 3 is 2.90 bits per heavy atom. The molecule has 1 aliphatic rings. The second kappa shape index (κ2) is 6.58. The highest BCUT2D eigenvalue weighted by atomic mass is 15.0. The molecule has 3 unspecified atom stereocenters. The molecule has 4 nitrogen and oxygen atoms in total. The molecule has 0 saturated carbocycles. The zero-order chi connectivity index (χ0) is 14.7. The number of hydrogen-bond acceptors (Lipinski definition) is 3. The van der Waals surface area contributed by atoms with Crippen molar-refractivity contribution in [2.45, 2.75) is 57.7 Å². The van der Waals surface area contributed by atoms with E-state index in [4.69, 9.17) is 0 Å². The third-order valence-corrected chi connectivity index (χ3v) is 4.40. The number of imidazole rings is 1.